The standard InChI is InChI=1S/C19H21N3O3/c1-13-9-10-17(24-13)16(22(2)3)12-20-19(23)15-11-18(25-21-15)14-7-5-4-6-8-14/h4-11,16H,12H2,1-3H3,(H,20,23). The minimum absolute atomic E-state index is 0.0573. The van der Waals surface area contributed by atoms with Crippen molar-refractivity contribution in [3.8, 4) is 11.3 Å². The van der Waals surface area contributed by atoms with E-state index in [1.807, 2.05) is 68.4 Å². The molecule has 1 atom stereocenters. The summed E-state index contributed by atoms with van der Waals surface area (Å²) in [5, 5.41) is 6.76. The SMILES string of the molecule is Cc1ccc(C(CNC(=O)c2cc(-c3ccccc3)on2)N(C)C)o1. The molecule has 1 N–H and O–H groups in total. The van der Waals surface area contributed by atoms with Crippen molar-refractivity contribution in [2.75, 3.05) is 20.6 Å². The Balaban J connectivity index is 1.67. The summed E-state index contributed by atoms with van der Waals surface area (Å²) in [7, 11) is 3.89. The van der Waals surface area contributed by atoms with Crippen LogP contribution in [0.1, 0.15) is 28.1 Å². The van der Waals surface area contributed by atoms with Crippen LogP contribution in [0.15, 0.2) is 57.5 Å². The monoisotopic (exact) mass is 339 g/mol. The Labute approximate surface area is 146 Å². The zero-order chi connectivity index (χ0) is 17.8. The van der Waals surface area contributed by atoms with Gasteiger partial charge in [0.15, 0.2) is 11.5 Å². The lowest BCUT2D eigenvalue weighted by atomic mass is 10.1. The number of likely N-dealkylation sites (N-methyl/N-ethyl adjacent to an activating group) is 1. The quantitative estimate of drug-likeness (QED) is 0.746. The van der Waals surface area contributed by atoms with E-state index in [4.69, 9.17) is 8.94 Å². The van der Waals surface area contributed by atoms with E-state index in [-0.39, 0.29) is 17.6 Å². The van der Waals surface area contributed by atoms with Crippen LogP contribution in [0.25, 0.3) is 11.3 Å². The number of aromatic nitrogens is 1. The first-order valence-corrected chi connectivity index (χ1v) is 8.07. The molecule has 2 aromatic heterocycles. The summed E-state index contributed by atoms with van der Waals surface area (Å²) < 4.78 is 11.0. The van der Waals surface area contributed by atoms with Gasteiger partial charge in [-0.25, -0.2) is 0 Å². The Morgan fingerprint density at radius 2 is 1.96 bits per heavy atom. The maximum Gasteiger partial charge on any atom is 0.273 e. The predicted molar refractivity (Wildman–Crippen MR) is 94.1 cm³/mol. The predicted octanol–water partition coefficient (Wildman–Crippen LogP) is 3.28. The van der Waals surface area contributed by atoms with Gasteiger partial charge in [-0.3, -0.25) is 9.69 Å². The molecular weight excluding hydrogens is 318 g/mol. The molecule has 0 aliphatic rings. The van der Waals surface area contributed by atoms with Crippen LogP contribution >= 0.6 is 0 Å². The van der Waals surface area contributed by atoms with Crippen LogP contribution in [-0.4, -0.2) is 36.6 Å². The van der Waals surface area contributed by atoms with E-state index in [1.165, 1.54) is 0 Å². The zero-order valence-corrected chi connectivity index (χ0v) is 14.5. The van der Waals surface area contributed by atoms with Gasteiger partial charge in [-0.1, -0.05) is 35.5 Å². The summed E-state index contributed by atoms with van der Waals surface area (Å²) in [6, 6.07) is 15.0. The summed E-state index contributed by atoms with van der Waals surface area (Å²) in [6.45, 7) is 2.31. The molecule has 0 spiro atoms. The van der Waals surface area contributed by atoms with Gasteiger partial charge >= 0.3 is 0 Å². The summed E-state index contributed by atoms with van der Waals surface area (Å²) in [6.07, 6.45) is 0. The number of hydrogen-bond acceptors (Lipinski definition) is 5. The highest BCUT2D eigenvalue weighted by atomic mass is 16.5. The molecule has 0 saturated carbocycles. The van der Waals surface area contributed by atoms with E-state index < -0.39 is 0 Å². The molecule has 3 aromatic rings. The molecule has 0 aliphatic carbocycles. The summed E-state index contributed by atoms with van der Waals surface area (Å²) in [5.74, 6) is 1.95. The average molecular weight is 339 g/mol. The average Bonchev–Trinajstić information content (AvgIpc) is 3.25. The smallest absolute Gasteiger partial charge is 0.273 e. The fraction of sp³-hybridized carbons (Fsp3) is 0.263. The number of carbonyl (C=O) groups is 1. The largest absolute Gasteiger partial charge is 0.465 e. The minimum atomic E-state index is -0.277. The Kier molecular flexibility index (Phi) is 5.00. The van der Waals surface area contributed by atoms with Gasteiger partial charge in [-0.15, -0.1) is 0 Å². The molecule has 6 nitrogen and oxygen atoms in total. The number of furan rings is 1. The molecule has 6 heteroatoms. The van der Waals surface area contributed by atoms with Gasteiger partial charge < -0.3 is 14.3 Å². The molecule has 0 fully saturated rings. The number of benzene rings is 1. The Morgan fingerprint density at radius 3 is 2.60 bits per heavy atom. The zero-order valence-electron chi connectivity index (χ0n) is 14.5. The van der Waals surface area contributed by atoms with Crippen LogP contribution in [0, 0.1) is 6.92 Å². The summed E-state index contributed by atoms with van der Waals surface area (Å²) >= 11 is 0. The number of aryl methyl sites for hydroxylation is 1. The van der Waals surface area contributed by atoms with Gasteiger partial charge in [0.25, 0.3) is 5.91 Å². The fourth-order valence-electron chi connectivity index (χ4n) is 2.57. The van der Waals surface area contributed by atoms with Crippen LogP contribution < -0.4 is 5.32 Å². The number of nitrogens with zero attached hydrogens (tertiary/aromatic N) is 2. The molecule has 1 aromatic carbocycles. The normalized spacial score (nSPS) is 12.3. The molecule has 0 radical (unpaired) electrons. The van der Waals surface area contributed by atoms with Gasteiger partial charge in [-0.05, 0) is 33.2 Å². The number of hydrogen-bond donors (Lipinski definition) is 1. The summed E-state index contributed by atoms with van der Waals surface area (Å²) in [5.41, 5.74) is 1.14. The molecule has 3 rings (SSSR count). The second-order valence-electron chi connectivity index (χ2n) is 6.08. The van der Waals surface area contributed by atoms with E-state index >= 15 is 0 Å². The first-order chi connectivity index (χ1) is 12.0. The van der Waals surface area contributed by atoms with Gasteiger partial charge in [0.05, 0.1) is 6.04 Å². The van der Waals surface area contributed by atoms with Crippen LogP contribution in [0.3, 0.4) is 0 Å². The molecule has 0 bridgehead atoms. The van der Waals surface area contributed by atoms with Gasteiger partial charge in [0.1, 0.15) is 11.5 Å². The van der Waals surface area contributed by atoms with Crippen molar-refractivity contribution < 1.29 is 13.7 Å². The number of rotatable bonds is 6. The second-order valence-corrected chi connectivity index (χ2v) is 6.08. The van der Waals surface area contributed by atoms with Crippen molar-refractivity contribution in [2.24, 2.45) is 0 Å². The van der Waals surface area contributed by atoms with E-state index in [9.17, 15) is 4.79 Å². The van der Waals surface area contributed by atoms with Crippen LogP contribution in [0.4, 0.5) is 0 Å². The third-order valence-electron chi connectivity index (χ3n) is 3.97. The molecule has 0 aliphatic heterocycles. The first-order valence-electron chi connectivity index (χ1n) is 8.07. The molecule has 0 saturated heterocycles. The third kappa shape index (κ3) is 3.97. The third-order valence-corrected chi connectivity index (χ3v) is 3.97. The lowest BCUT2D eigenvalue weighted by molar-refractivity contribution is 0.0930. The van der Waals surface area contributed by atoms with Gasteiger partial charge in [0.2, 0.25) is 0 Å². The van der Waals surface area contributed by atoms with Crippen molar-refractivity contribution in [2.45, 2.75) is 13.0 Å². The van der Waals surface area contributed by atoms with Crippen molar-refractivity contribution in [3.05, 3.63) is 65.7 Å². The highest BCUT2D eigenvalue weighted by Gasteiger charge is 2.20. The minimum Gasteiger partial charge on any atom is -0.465 e. The molecule has 25 heavy (non-hydrogen) atoms. The number of amides is 1. The Morgan fingerprint density at radius 1 is 1.20 bits per heavy atom. The van der Waals surface area contributed by atoms with Gasteiger partial charge in [0, 0.05) is 18.2 Å². The molecule has 1 unspecified atom stereocenters. The lowest BCUT2D eigenvalue weighted by Gasteiger charge is -2.22. The topological polar surface area (TPSA) is 71.5 Å². The highest BCUT2D eigenvalue weighted by molar-refractivity contribution is 5.93. The van der Waals surface area contributed by atoms with E-state index in [1.54, 1.807) is 6.07 Å². The highest BCUT2D eigenvalue weighted by Crippen LogP contribution is 2.21. The van der Waals surface area contributed by atoms with E-state index in [0.29, 0.717) is 12.3 Å². The van der Waals surface area contributed by atoms with Crippen molar-refractivity contribution in [1.82, 2.24) is 15.4 Å². The summed E-state index contributed by atoms with van der Waals surface area (Å²) in [4.78, 5) is 14.4. The maximum absolute atomic E-state index is 12.4. The Hall–Kier alpha value is -2.86. The van der Waals surface area contributed by atoms with E-state index in [2.05, 4.69) is 10.5 Å². The molecule has 130 valence electrons. The van der Waals surface area contributed by atoms with E-state index in [0.717, 1.165) is 17.1 Å². The lowest BCUT2D eigenvalue weighted by Crippen LogP contribution is -2.34. The van der Waals surface area contributed by atoms with Gasteiger partial charge in [-0.2, -0.15) is 0 Å². The van der Waals surface area contributed by atoms with Crippen molar-refractivity contribution in [1.29, 1.82) is 0 Å². The second kappa shape index (κ2) is 7.36. The Bertz CT molecular complexity index is 836. The molecule has 1 amide bonds. The van der Waals surface area contributed by atoms with Crippen molar-refractivity contribution >= 4 is 5.91 Å². The fourth-order valence-corrected chi connectivity index (χ4v) is 2.57. The number of nitrogens with one attached hydrogen (secondary N) is 1. The first kappa shape index (κ1) is 17.0. The molecular formula is C19H21N3O3. The van der Waals surface area contributed by atoms with Crippen LogP contribution in [0.2, 0.25) is 0 Å². The number of carbonyl (C=O) groups excluding carboxylic acids is 1. The van der Waals surface area contributed by atoms with Crippen LogP contribution in [0.5, 0.6) is 0 Å². The van der Waals surface area contributed by atoms with Crippen LogP contribution in [-0.2, 0) is 0 Å². The van der Waals surface area contributed by atoms with Crippen molar-refractivity contribution in [3.63, 3.8) is 0 Å². The molecule has 2 heterocycles. The maximum atomic E-state index is 12.4.